The van der Waals surface area contributed by atoms with E-state index in [4.69, 9.17) is 5.73 Å². The molecule has 0 radical (unpaired) electrons. The molecule has 2 aromatic carbocycles. The summed E-state index contributed by atoms with van der Waals surface area (Å²) in [6.07, 6.45) is 2.09. The van der Waals surface area contributed by atoms with E-state index in [2.05, 4.69) is 46.5 Å². The molecule has 0 aliphatic heterocycles. The normalized spacial score (nSPS) is 11.2. The summed E-state index contributed by atoms with van der Waals surface area (Å²) in [7, 11) is 2.07. The molecule has 0 fully saturated rings. The van der Waals surface area contributed by atoms with E-state index in [0.717, 1.165) is 42.4 Å². The van der Waals surface area contributed by atoms with Crippen molar-refractivity contribution in [2.24, 2.45) is 5.73 Å². The van der Waals surface area contributed by atoms with Crippen LogP contribution in [0.1, 0.15) is 45.3 Å². The molecule has 3 aromatic rings. The van der Waals surface area contributed by atoms with Gasteiger partial charge in [0, 0.05) is 36.1 Å². The van der Waals surface area contributed by atoms with Crippen molar-refractivity contribution in [3.8, 4) is 0 Å². The molecule has 0 unspecified atom stereocenters. The molecule has 0 saturated carbocycles. The van der Waals surface area contributed by atoms with Crippen molar-refractivity contribution in [2.45, 2.75) is 26.3 Å². The van der Waals surface area contributed by atoms with Crippen LogP contribution in [0, 0.1) is 0 Å². The van der Waals surface area contributed by atoms with E-state index in [9.17, 15) is 9.59 Å². The van der Waals surface area contributed by atoms with Crippen LogP contribution in [0.4, 0.5) is 0 Å². The number of H-pyrrole nitrogens is 1. The van der Waals surface area contributed by atoms with Crippen LogP contribution in [-0.4, -0.2) is 48.3 Å². The Kier molecular flexibility index (Phi) is 7.38. The number of nitrogens with one attached hydrogen (secondary N) is 2. The number of carbonyl (C=O) groups excluding carboxylic acids is 2. The number of nitrogens with two attached hydrogens (primary N) is 1. The Balaban J connectivity index is 1.41. The number of hydrogen-bond acceptors (Lipinski definition) is 4. The van der Waals surface area contributed by atoms with Gasteiger partial charge in [0.1, 0.15) is 5.69 Å². The number of rotatable bonds is 10. The lowest BCUT2D eigenvalue weighted by Crippen LogP contribution is -2.33. The number of aryl methyl sites for hydroxylation is 1. The average Bonchev–Trinajstić information content (AvgIpc) is 3.17. The first-order valence-electron chi connectivity index (χ1n) is 10.3. The number of aromatic amines is 1. The summed E-state index contributed by atoms with van der Waals surface area (Å²) in [5.74, 6) is -0.122. The van der Waals surface area contributed by atoms with Crippen LogP contribution in [0.3, 0.4) is 0 Å². The van der Waals surface area contributed by atoms with Crippen molar-refractivity contribution in [3.63, 3.8) is 0 Å². The van der Waals surface area contributed by atoms with Gasteiger partial charge in [-0.2, -0.15) is 0 Å². The van der Waals surface area contributed by atoms with Gasteiger partial charge in [-0.1, -0.05) is 24.3 Å². The minimum atomic E-state index is -0.135. The van der Waals surface area contributed by atoms with Crippen molar-refractivity contribution < 1.29 is 9.59 Å². The molecule has 0 atom stereocenters. The Labute approximate surface area is 177 Å². The number of Topliss-reactive ketones (excluding diaryl/α,β-unsaturated/α-hetero) is 1. The summed E-state index contributed by atoms with van der Waals surface area (Å²) in [6.45, 7) is 4.44. The van der Waals surface area contributed by atoms with E-state index in [-0.39, 0.29) is 11.7 Å². The largest absolute Gasteiger partial charge is 0.351 e. The Morgan fingerprint density at radius 3 is 2.47 bits per heavy atom. The van der Waals surface area contributed by atoms with Gasteiger partial charge in [-0.25, -0.2) is 0 Å². The van der Waals surface area contributed by atoms with Gasteiger partial charge in [0.05, 0.1) is 0 Å². The summed E-state index contributed by atoms with van der Waals surface area (Å²) in [6, 6.07) is 15.6. The van der Waals surface area contributed by atoms with E-state index >= 15 is 0 Å². The molecule has 0 spiro atoms. The van der Waals surface area contributed by atoms with Gasteiger partial charge in [-0.15, -0.1) is 0 Å². The highest BCUT2D eigenvalue weighted by Crippen LogP contribution is 2.17. The molecular weight excluding hydrogens is 376 g/mol. The van der Waals surface area contributed by atoms with Crippen molar-refractivity contribution in [3.05, 3.63) is 70.9 Å². The minimum Gasteiger partial charge on any atom is -0.351 e. The number of hydrogen-bond donors (Lipinski definition) is 3. The molecule has 6 nitrogen and oxygen atoms in total. The van der Waals surface area contributed by atoms with Crippen LogP contribution in [0.5, 0.6) is 0 Å². The second kappa shape index (κ2) is 10.2. The fraction of sp³-hybridized carbons (Fsp3) is 0.333. The third-order valence-corrected chi connectivity index (χ3v) is 5.31. The van der Waals surface area contributed by atoms with E-state index in [1.807, 2.05) is 12.1 Å². The number of nitrogens with zero attached hydrogens (tertiary/aromatic N) is 1. The zero-order valence-electron chi connectivity index (χ0n) is 17.7. The van der Waals surface area contributed by atoms with Gasteiger partial charge in [0.25, 0.3) is 5.91 Å². The molecule has 1 amide bonds. The zero-order valence-corrected chi connectivity index (χ0v) is 17.7. The SMILES string of the molecule is CC(=O)c1ccc2[nH]c(C(=O)NCCN(C)CCCc3ccc(CN)cc3)cc2c1. The third kappa shape index (κ3) is 5.78. The summed E-state index contributed by atoms with van der Waals surface area (Å²) in [4.78, 5) is 29.3. The molecule has 3 rings (SSSR count). The zero-order chi connectivity index (χ0) is 21.5. The number of fused-ring (bicyclic) bond motifs is 1. The van der Waals surface area contributed by atoms with Crippen molar-refractivity contribution in [1.29, 1.82) is 0 Å². The van der Waals surface area contributed by atoms with Crippen molar-refractivity contribution in [1.82, 2.24) is 15.2 Å². The minimum absolute atomic E-state index is 0.0136. The van der Waals surface area contributed by atoms with E-state index in [0.29, 0.717) is 24.3 Å². The maximum Gasteiger partial charge on any atom is 0.267 e. The number of amides is 1. The number of benzene rings is 2. The molecule has 1 aromatic heterocycles. The molecule has 30 heavy (non-hydrogen) atoms. The Morgan fingerprint density at radius 2 is 1.77 bits per heavy atom. The van der Waals surface area contributed by atoms with E-state index in [1.54, 1.807) is 12.1 Å². The van der Waals surface area contributed by atoms with Crippen LogP contribution < -0.4 is 11.1 Å². The van der Waals surface area contributed by atoms with Gasteiger partial charge in [-0.3, -0.25) is 9.59 Å². The maximum atomic E-state index is 12.4. The first-order chi connectivity index (χ1) is 14.5. The lowest BCUT2D eigenvalue weighted by molar-refractivity contribution is 0.0944. The van der Waals surface area contributed by atoms with Crippen LogP contribution in [-0.2, 0) is 13.0 Å². The highest BCUT2D eigenvalue weighted by molar-refractivity contribution is 6.01. The van der Waals surface area contributed by atoms with Gasteiger partial charge in [0.2, 0.25) is 0 Å². The van der Waals surface area contributed by atoms with Crippen LogP contribution in [0.2, 0.25) is 0 Å². The fourth-order valence-electron chi connectivity index (χ4n) is 3.44. The summed E-state index contributed by atoms with van der Waals surface area (Å²) < 4.78 is 0. The molecule has 0 aliphatic rings. The highest BCUT2D eigenvalue weighted by Gasteiger charge is 2.11. The van der Waals surface area contributed by atoms with Gasteiger partial charge in [0.15, 0.2) is 5.78 Å². The van der Waals surface area contributed by atoms with Crippen LogP contribution in [0.25, 0.3) is 10.9 Å². The molecule has 6 heteroatoms. The van der Waals surface area contributed by atoms with Crippen LogP contribution >= 0.6 is 0 Å². The second-order valence-electron chi connectivity index (χ2n) is 7.72. The Hall–Kier alpha value is -2.96. The number of carbonyl (C=O) groups is 2. The lowest BCUT2D eigenvalue weighted by atomic mass is 10.1. The first kappa shape index (κ1) is 21.7. The molecule has 0 saturated heterocycles. The number of ketones is 1. The number of aromatic nitrogens is 1. The van der Waals surface area contributed by atoms with Crippen molar-refractivity contribution in [2.75, 3.05) is 26.7 Å². The summed E-state index contributed by atoms with van der Waals surface area (Å²) in [5.41, 5.74) is 10.1. The van der Waals surface area contributed by atoms with E-state index in [1.165, 1.54) is 12.5 Å². The molecule has 4 N–H and O–H groups in total. The predicted octanol–water partition coefficient (Wildman–Crippen LogP) is 3.12. The number of likely N-dealkylation sites (N-methyl/N-ethyl adjacent to an activating group) is 1. The molecule has 0 bridgehead atoms. The maximum absolute atomic E-state index is 12.4. The van der Waals surface area contributed by atoms with Gasteiger partial charge >= 0.3 is 0 Å². The van der Waals surface area contributed by atoms with Gasteiger partial charge in [-0.05, 0) is 68.8 Å². The smallest absolute Gasteiger partial charge is 0.267 e. The van der Waals surface area contributed by atoms with Crippen molar-refractivity contribution >= 4 is 22.6 Å². The molecular formula is C24H30N4O2. The average molecular weight is 407 g/mol. The van der Waals surface area contributed by atoms with E-state index < -0.39 is 0 Å². The highest BCUT2D eigenvalue weighted by atomic mass is 16.2. The Morgan fingerprint density at radius 1 is 1.03 bits per heavy atom. The fourth-order valence-corrected chi connectivity index (χ4v) is 3.44. The molecule has 158 valence electrons. The molecule has 1 heterocycles. The quantitative estimate of drug-likeness (QED) is 0.451. The molecule has 0 aliphatic carbocycles. The van der Waals surface area contributed by atoms with Gasteiger partial charge < -0.3 is 20.9 Å². The Bertz CT molecular complexity index is 1010. The monoisotopic (exact) mass is 406 g/mol. The third-order valence-electron chi connectivity index (χ3n) is 5.31. The topological polar surface area (TPSA) is 91.2 Å². The summed E-state index contributed by atoms with van der Waals surface area (Å²) in [5, 5.41) is 3.82. The summed E-state index contributed by atoms with van der Waals surface area (Å²) >= 11 is 0. The predicted molar refractivity (Wildman–Crippen MR) is 121 cm³/mol. The standard InChI is InChI=1S/C24H30N4O2/c1-17(29)20-9-10-22-21(14-20)15-23(27-22)24(30)26-11-13-28(2)12-3-4-18-5-7-19(16-25)8-6-18/h5-10,14-15,27H,3-4,11-13,16,25H2,1-2H3,(H,26,30). The first-order valence-corrected chi connectivity index (χ1v) is 10.3. The second-order valence-corrected chi connectivity index (χ2v) is 7.72. The lowest BCUT2D eigenvalue weighted by Gasteiger charge is -2.16. The van der Waals surface area contributed by atoms with Crippen LogP contribution in [0.15, 0.2) is 48.5 Å².